The van der Waals surface area contributed by atoms with Gasteiger partial charge in [0.2, 0.25) is 5.75 Å². The number of carbonyl (C=O) groups is 1. The van der Waals surface area contributed by atoms with Gasteiger partial charge in [-0.05, 0) is 30.4 Å². The zero-order chi connectivity index (χ0) is 18.8. The van der Waals surface area contributed by atoms with Crippen LogP contribution in [-0.2, 0) is 0 Å². The second-order valence-corrected chi connectivity index (χ2v) is 6.10. The van der Waals surface area contributed by atoms with E-state index in [4.69, 9.17) is 37.1 Å². The van der Waals surface area contributed by atoms with Crippen LogP contribution in [0.3, 0.4) is 0 Å². The minimum Gasteiger partial charge on any atom is -0.504 e. The van der Waals surface area contributed by atoms with E-state index >= 15 is 0 Å². The van der Waals surface area contributed by atoms with E-state index in [0.29, 0.717) is 21.0 Å². The standard InChI is InChI=1S/C19H14Cl2O5/c1-24-17-11-8-9-26-18(11)19(25-2)16(23)15(17)14(22)7-6-10-12(20)4-3-5-13(10)21/h3-9,23H,1-2H3/b7-6+. The van der Waals surface area contributed by atoms with Crippen LogP contribution in [0.4, 0.5) is 0 Å². The molecule has 0 unspecified atom stereocenters. The van der Waals surface area contributed by atoms with Crippen LogP contribution in [0.5, 0.6) is 17.2 Å². The first kappa shape index (κ1) is 18.2. The van der Waals surface area contributed by atoms with Crippen molar-refractivity contribution in [2.75, 3.05) is 14.2 Å². The van der Waals surface area contributed by atoms with Gasteiger partial charge in [-0.1, -0.05) is 29.3 Å². The summed E-state index contributed by atoms with van der Waals surface area (Å²) in [5, 5.41) is 11.8. The molecule has 0 amide bonds. The Morgan fingerprint density at radius 1 is 1.12 bits per heavy atom. The van der Waals surface area contributed by atoms with Crippen LogP contribution >= 0.6 is 23.2 Å². The zero-order valence-electron chi connectivity index (χ0n) is 13.9. The predicted molar refractivity (Wildman–Crippen MR) is 101 cm³/mol. The van der Waals surface area contributed by atoms with E-state index < -0.39 is 5.78 Å². The number of carbonyl (C=O) groups excluding carboxylic acids is 1. The van der Waals surface area contributed by atoms with Gasteiger partial charge in [0, 0.05) is 15.6 Å². The number of rotatable bonds is 5. The molecule has 3 aromatic rings. The van der Waals surface area contributed by atoms with Gasteiger partial charge in [0.15, 0.2) is 17.1 Å². The van der Waals surface area contributed by atoms with Crippen LogP contribution < -0.4 is 9.47 Å². The smallest absolute Gasteiger partial charge is 0.205 e. The van der Waals surface area contributed by atoms with Gasteiger partial charge >= 0.3 is 0 Å². The minimum absolute atomic E-state index is 0.0438. The first-order chi connectivity index (χ1) is 12.5. The Morgan fingerprint density at radius 2 is 1.77 bits per heavy atom. The highest BCUT2D eigenvalue weighted by Crippen LogP contribution is 2.46. The molecule has 0 radical (unpaired) electrons. The molecule has 0 spiro atoms. The van der Waals surface area contributed by atoms with Crippen LogP contribution in [0, 0.1) is 0 Å². The number of halogens is 2. The van der Waals surface area contributed by atoms with Crippen molar-refractivity contribution >= 4 is 46.0 Å². The number of benzene rings is 2. The lowest BCUT2D eigenvalue weighted by molar-refractivity contribution is 0.104. The second-order valence-electron chi connectivity index (χ2n) is 5.29. The Bertz CT molecular complexity index is 1000. The van der Waals surface area contributed by atoms with Gasteiger partial charge in [0.1, 0.15) is 11.3 Å². The van der Waals surface area contributed by atoms with Gasteiger partial charge in [0.05, 0.1) is 25.9 Å². The predicted octanol–water partition coefficient (Wildman–Crippen LogP) is 5.36. The zero-order valence-corrected chi connectivity index (χ0v) is 15.4. The van der Waals surface area contributed by atoms with E-state index in [1.54, 1.807) is 24.3 Å². The second kappa shape index (κ2) is 7.32. The van der Waals surface area contributed by atoms with Crippen LogP contribution in [0.25, 0.3) is 17.0 Å². The number of ketones is 1. The van der Waals surface area contributed by atoms with Gasteiger partial charge in [-0.15, -0.1) is 0 Å². The molecule has 1 N–H and O–H groups in total. The molecular weight excluding hydrogens is 379 g/mol. The number of ether oxygens (including phenoxy) is 2. The summed E-state index contributed by atoms with van der Waals surface area (Å²) in [4.78, 5) is 12.8. The normalized spacial score (nSPS) is 11.2. The fourth-order valence-electron chi connectivity index (χ4n) is 2.67. The van der Waals surface area contributed by atoms with Crippen LogP contribution in [0.15, 0.2) is 41.0 Å². The largest absolute Gasteiger partial charge is 0.504 e. The van der Waals surface area contributed by atoms with Crippen molar-refractivity contribution in [2.24, 2.45) is 0 Å². The van der Waals surface area contributed by atoms with Crippen molar-refractivity contribution in [1.82, 2.24) is 0 Å². The maximum atomic E-state index is 12.8. The topological polar surface area (TPSA) is 68.9 Å². The molecule has 1 aromatic heterocycles. The average molecular weight is 393 g/mol. The molecule has 0 aliphatic carbocycles. The molecule has 0 saturated heterocycles. The fourth-order valence-corrected chi connectivity index (χ4v) is 3.19. The van der Waals surface area contributed by atoms with E-state index in [-0.39, 0.29) is 28.4 Å². The molecular formula is C19H14Cl2O5. The monoisotopic (exact) mass is 392 g/mol. The van der Waals surface area contributed by atoms with Crippen molar-refractivity contribution in [2.45, 2.75) is 0 Å². The Kier molecular flexibility index (Phi) is 5.11. The summed E-state index contributed by atoms with van der Waals surface area (Å²) >= 11 is 12.2. The molecule has 1 heterocycles. The van der Waals surface area contributed by atoms with Gasteiger partial charge in [-0.25, -0.2) is 0 Å². The Morgan fingerprint density at radius 3 is 2.38 bits per heavy atom. The number of hydrogen-bond donors (Lipinski definition) is 1. The molecule has 7 heteroatoms. The highest BCUT2D eigenvalue weighted by Gasteiger charge is 2.26. The Hall–Kier alpha value is -2.63. The summed E-state index contributed by atoms with van der Waals surface area (Å²) in [6, 6.07) is 6.66. The number of allylic oxidation sites excluding steroid dienone is 1. The van der Waals surface area contributed by atoms with Gasteiger partial charge in [-0.3, -0.25) is 4.79 Å². The maximum absolute atomic E-state index is 12.8. The Balaban J connectivity index is 2.14. The van der Waals surface area contributed by atoms with Crippen LogP contribution in [-0.4, -0.2) is 25.1 Å². The number of hydrogen-bond acceptors (Lipinski definition) is 5. The first-order valence-corrected chi connectivity index (χ1v) is 8.25. The molecule has 26 heavy (non-hydrogen) atoms. The number of methoxy groups -OCH3 is 2. The molecule has 0 aliphatic rings. The number of phenolic OH excluding ortho intramolecular Hbond substituents is 1. The van der Waals surface area contributed by atoms with E-state index in [1.807, 2.05) is 0 Å². The maximum Gasteiger partial charge on any atom is 0.205 e. The average Bonchev–Trinajstić information content (AvgIpc) is 3.09. The van der Waals surface area contributed by atoms with Crippen molar-refractivity contribution in [3.8, 4) is 17.2 Å². The number of phenols is 1. The fraction of sp³-hybridized carbons (Fsp3) is 0.105. The lowest BCUT2D eigenvalue weighted by Gasteiger charge is -2.13. The van der Waals surface area contributed by atoms with Crippen LogP contribution in [0.1, 0.15) is 15.9 Å². The summed E-state index contributed by atoms with van der Waals surface area (Å²) < 4.78 is 15.9. The first-order valence-electron chi connectivity index (χ1n) is 7.50. The van der Waals surface area contributed by atoms with Crippen LogP contribution in [0.2, 0.25) is 10.0 Å². The minimum atomic E-state index is -0.503. The molecule has 0 bridgehead atoms. The van der Waals surface area contributed by atoms with Crippen molar-refractivity contribution in [3.05, 3.63) is 57.8 Å². The molecule has 0 aliphatic heterocycles. The molecule has 0 fully saturated rings. The molecule has 0 atom stereocenters. The highest BCUT2D eigenvalue weighted by atomic mass is 35.5. The van der Waals surface area contributed by atoms with Gasteiger partial charge in [0.25, 0.3) is 0 Å². The van der Waals surface area contributed by atoms with E-state index in [0.717, 1.165) is 0 Å². The number of aromatic hydroxyl groups is 1. The molecule has 3 rings (SSSR count). The van der Waals surface area contributed by atoms with Crippen molar-refractivity contribution in [3.63, 3.8) is 0 Å². The number of fused-ring (bicyclic) bond motifs is 1. The SMILES string of the molecule is COc1c(C(=O)/C=C/c2c(Cl)cccc2Cl)c(O)c(OC)c2occc12. The third-order valence-electron chi connectivity index (χ3n) is 3.85. The van der Waals surface area contributed by atoms with Gasteiger partial charge < -0.3 is 19.0 Å². The number of furan rings is 1. The third kappa shape index (κ3) is 3.00. The van der Waals surface area contributed by atoms with E-state index in [9.17, 15) is 9.90 Å². The quantitative estimate of drug-likeness (QED) is 0.467. The lowest BCUT2D eigenvalue weighted by atomic mass is 10.0. The van der Waals surface area contributed by atoms with E-state index in [1.165, 1.54) is 32.6 Å². The third-order valence-corrected chi connectivity index (χ3v) is 4.51. The summed E-state index contributed by atoms with van der Waals surface area (Å²) in [5.41, 5.74) is 0.744. The van der Waals surface area contributed by atoms with E-state index in [2.05, 4.69) is 0 Å². The lowest BCUT2D eigenvalue weighted by Crippen LogP contribution is -2.02. The highest BCUT2D eigenvalue weighted by molar-refractivity contribution is 6.37. The summed E-state index contributed by atoms with van der Waals surface area (Å²) in [5.74, 6) is -0.631. The van der Waals surface area contributed by atoms with Crippen molar-refractivity contribution < 1.29 is 23.8 Å². The molecule has 134 valence electrons. The summed E-state index contributed by atoms with van der Waals surface area (Å²) in [6.07, 6.45) is 4.16. The summed E-state index contributed by atoms with van der Waals surface area (Å²) in [7, 11) is 2.77. The molecule has 0 saturated carbocycles. The summed E-state index contributed by atoms with van der Waals surface area (Å²) in [6.45, 7) is 0. The van der Waals surface area contributed by atoms with Gasteiger partial charge in [-0.2, -0.15) is 0 Å². The molecule has 5 nitrogen and oxygen atoms in total. The Labute approximate surface area is 159 Å². The molecule has 2 aromatic carbocycles. The van der Waals surface area contributed by atoms with Crippen molar-refractivity contribution in [1.29, 1.82) is 0 Å².